The van der Waals surface area contributed by atoms with Gasteiger partial charge in [-0.2, -0.15) is 0 Å². The van der Waals surface area contributed by atoms with Crippen molar-refractivity contribution in [2.45, 2.75) is 31.3 Å². The zero-order chi connectivity index (χ0) is 20.0. The maximum atomic E-state index is 14.4. The third kappa shape index (κ3) is 5.44. The number of carboxylic acid groups (broad SMARTS) is 1. The molecule has 0 saturated heterocycles. The molecule has 27 heavy (non-hydrogen) atoms. The van der Waals surface area contributed by atoms with E-state index in [2.05, 4.69) is 0 Å². The van der Waals surface area contributed by atoms with Crippen LogP contribution >= 0.6 is 11.8 Å². The van der Waals surface area contributed by atoms with Gasteiger partial charge >= 0.3 is 5.97 Å². The van der Waals surface area contributed by atoms with Gasteiger partial charge in [-0.05, 0) is 73.2 Å². The van der Waals surface area contributed by atoms with E-state index in [0.717, 1.165) is 11.0 Å². The van der Waals surface area contributed by atoms with Gasteiger partial charge in [-0.3, -0.25) is 4.79 Å². The first-order valence-electron chi connectivity index (χ1n) is 8.41. The Balaban J connectivity index is 2.18. The Morgan fingerprint density at radius 3 is 2.41 bits per heavy atom. The summed E-state index contributed by atoms with van der Waals surface area (Å²) in [5.74, 6) is -2.17. The predicted molar refractivity (Wildman–Crippen MR) is 105 cm³/mol. The molecule has 0 radical (unpaired) electrons. The molecule has 0 heterocycles. The Labute approximate surface area is 162 Å². The second-order valence-electron chi connectivity index (χ2n) is 5.93. The molecule has 0 aliphatic heterocycles. The number of aliphatic carboxylic acids is 1. The minimum atomic E-state index is -1.04. The first-order valence-corrected chi connectivity index (χ1v) is 9.64. The average Bonchev–Trinajstić information content (AvgIpc) is 2.66. The molecule has 0 bridgehead atoms. The number of benzene rings is 2. The van der Waals surface area contributed by atoms with Gasteiger partial charge in [-0.1, -0.05) is 13.0 Å². The molecule has 2 aromatic rings. The zero-order valence-corrected chi connectivity index (χ0v) is 16.2. The number of Topliss-reactive ketones (excluding diaryl/α,β-unsaturated/α-hetero) is 1. The summed E-state index contributed by atoms with van der Waals surface area (Å²) in [6.45, 7) is 3.46. The van der Waals surface area contributed by atoms with Crippen molar-refractivity contribution in [3.8, 4) is 5.75 Å². The average molecular weight is 388 g/mol. The lowest BCUT2D eigenvalue weighted by molar-refractivity contribution is -0.145. The fourth-order valence-electron chi connectivity index (χ4n) is 2.45. The Morgan fingerprint density at radius 1 is 1.22 bits per heavy atom. The first kappa shape index (κ1) is 20.7. The van der Waals surface area contributed by atoms with Crippen LogP contribution in [0.5, 0.6) is 5.75 Å². The summed E-state index contributed by atoms with van der Waals surface area (Å²) in [6.07, 6.45) is 2.48. The molecule has 6 heteroatoms. The summed E-state index contributed by atoms with van der Waals surface area (Å²) >= 11 is 1.54. The van der Waals surface area contributed by atoms with Gasteiger partial charge in [-0.25, -0.2) is 9.18 Å². The molecule has 2 rings (SSSR count). The van der Waals surface area contributed by atoms with Crippen molar-refractivity contribution in [1.29, 1.82) is 0 Å². The number of aryl methyl sites for hydroxylation is 1. The number of halogens is 1. The van der Waals surface area contributed by atoms with E-state index in [4.69, 9.17) is 9.84 Å². The van der Waals surface area contributed by atoms with E-state index in [1.807, 2.05) is 6.26 Å². The summed E-state index contributed by atoms with van der Waals surface area (Å²) in [7, 11) is 0. The molecule has 1 atom stereocenters. The molecular formula is C21H21FO4S. The molecule has 0 aliphatic rings. The van der Waals surface area contributed by atoms with Crippen molar-refractivity contribution in [1.82, 2.24) is 0 Å². The number of ether oxygens (including phenoxy) is 1. The second kappa shape index (κ2) is 9.37. The van der Waals surface area contributed by atoms with Crippen LogP contribution in [0, 0.1) is 6.92 Å². The van der Waals surface area contributed by atoms with Gasteiger partial charge in [0.2, 0.25) is 5.78 Å². The highest BCUT2D eigenvalue weighted by Gasteiger charge is 2.18. The van der Waals surface area contributed by atoms with E-state index in [0.29, 0.717) is 23.3 Å². The summed E-state index contributed by atoms with van der Waals surface area (Å²) in [5.41, 5.74) is 1.44. The van der Waals surface area contributed by atoms with Crippen molar-refractivity contribution < 1.29 is 23.8 Å². The summed E-state index contributed by atoms with van der Waals surface area (Å²) in [4.78, 5) is 24.3. The molecular weight excluding hydrogens is 367 g/mol. The van der Waals surface area contributed by atoms with Crippen LogP contribution in [0.15, 0.2) is 53.2 Å². The molecule has 0 fully saturated rings. The molecule has 0 amide bonds. The molecule has 4 nitrogen and oxygen atoms in total. The number of rotatable bonds is 8. The van der Waals surface area contributed by atoms with Gasteiger partial charge in [0.1, 0.15) is 5.75 Å². The lowest BCUT2D eigenvalue weighted by Gasteiger charge is -2.15. The van der Waals surface area contributed by atoms with E-state index < -0.39 is 23.7 Å². The van der Waals surface area contributed by atoms with Gasteiger partial charge in [0.15, 0.2) is 11.9 Å². The highest BCUT2D eigenvalue weighted by atomic mass is 32.2. The molecule has 2 aromatic carbocycles. The van der Waals surface area contributed by atoms with Crippen LogP contribution in [0.3, 0.4) is 0 Å². The molecule has 1 unspecified atom stereocenters. The normalized spacial score (nSPS) is 12.5. The summed E-state index contributed by atoms with van der Waals surface area (Å²) < 4.78 is 19.8. The largest absolute Gasteiger partial charge is 0.479 e. The molecule has 1 N–H and O–H groups in total. The van der Waals surface area contributed by atoms with Crippen molar-refractivity contribution in [2.75, 3.05) is 6.26 Å². The van der Waals surface area contributed by atoms with Gasteiger partial charge in [-0.15, -0.1) is 11.8 Å². The maximum absolute atomic E-state index is 14.4. The van der Waals surface area contributed by atoms with Crippen molar-refractivity contribution >= 4 is 29.6 Å². The van der Waals surface area contributed by atoms with Crippen molar-refractivity contribution in [2.24, 2.45) is 0 Å². The number of carbonyl (C=O) groups is 2. The molecule has 0 saturated carbocycles. The number of ketones is 1. The number of allylic oxidation sites excluding steroid dienone is 1. The number of hydrogen-bond donors (Lipinski definition) is 1. The predicted octanol–water partition coefficient (Wildman–Crippen LogP) is 5.15. The Hall–Kier alpha value is -2.60. The van der Waals surface area contributed by atoms with E-state index >= 15 is 0 Å². The number of thioether (sulfide) groups is 1. The van der Waals surface area contributed by atoms with Crippen LogP contribution in [-0.4, -0.2) is 29.2 Å². The Bertz CT molecular complexity index is 859. The summed E-state index contributed by atoms with van der Waals surface area (Å²) in [5, 5.41) is 9.08. The van der Waals surface area contributed by atoms with E-state index in [-0.39, 0.29) is 5.56 Å². The van der Waals surface area contributed by atoms with Crippen LogP contribution in [0.4, 0.5) is 4.39 Å². The first-order chi connectivity index (χ1) is 12.8. The van der Waals surface area contributed by atoms with Gasteiger partial charge in [0, 0.05) is 10.5 Å². The van der Waals surface area contributed by atoms with Crippen molar-refractivity contribution in [3.05, 3.63) is 65.0 Å². The number of hydrogen-bond acceptors (Lipinski definition) is 4. The third-order valence-electron chi connectivity index (χ3n) is 3.98. The fraction of sp³-hybridized carbons (Fsp3) is 0.238. The lowest BCUT2D eigenvalue weighted by Crippen LogP contribution is -2.26. The third-order valence-corrected chi connectivity index (χ3v) is 4.72. The molecule has 142 valence electrons. The highest BCUT2D eigenvalue weighted by molar-refractivity contribution is 7.98. The van der Waals surface area contributed by atoms with Gasteiger partial charge in [0.25, 0.3) is 0 Å². The topological polar surface area (TPSA) is 63.6 Å². The van der Waals surface area contributed by atoms with E-state index in [9.17, 15) is 14.0 Å². The van der Waals surface area contributed by atoms with Gasteiger partial charge in [0.05, 0.1) is 0 Å². The van der Waals surface area contributed by atoms with Gasteiger partial charge < -0.3 is 9.84 Å². The SMILES string of the molecule is CCC(Oc1ccc(/C=C(\F)C(=O)c2ccc(SC)cc2)cc1C)C(=O)O. The molecule has 0 aliphatic carbocycles. The Morgan fingerprint density at radius 2 is 1.89 bits per heavy atom. The zero-order valence-electron chi connectivity index (χ0n) is 15.4. The molecule has 0 aromatic heterocycles. The lowest BCUT2D eigenvalue weighted by atomic mass is 10.1. The second-order valence-corrected chi connectivity index (χ2v) is 6.81. The van der Waals surface area contributed by atoms with Crippen LogP contribution in [0.25, 0.3) is 6.08 Å². The number of carboxylic acids is 1. The fourth-order valence-corrected chi connectivity index (χ4v) is 2.86. The molecule has 0 spiro atoms. The van der Waals surface area contributed by atoms with Crippen molar-refractivity contribution in [3.63, 3.8) is 0 Å². The maximum Gasteiger partial charge on any atom is 0.344 e. The number of carbonyl (C=O) groups excluding carboxylic acids is 1. The monoisotopic (exact) mass is 388 g/mol. The van der Waals surface area contributed by atoms with Crippen LogP contribution < -0.4 is 4.74 Å². The summed E-state index contributed by atoms with van der Waals surface area (Å²) in [6, 6.07) is 11.6. The minimum absolute atomic E-state index is 0.283. The van der Waals surface area contributed by atoms with E-state index in [1.54, 1.807) is 68.1 Å². The quantitative estimate of drug-likeness (QED) is 0.385. The van der Waals surface area contributed by atoms with E-state index in [1.165, 1.54) is 0 Å². The van der Waals surface area contributed by atoms with Crippen LogP contribution in [-0.2, 0) is 4.79 Å². The highest BCUT2D eigenvalue weighted by Crippen LogP contribution is 2.24. The van der Waals surface area contributed by atoms with Crippen LogP contribution in [0.1, 0.15) is 34.8 Å². The smallest absolute Gasteiger partial charge is 0.344 e. The Kier molecular flexibility index (Phi) is 7.19. The standard InChI is InChI=1S/C21H21FO4S/c1-4-18(21(24)25)26-19-10-5-14(11-13(19)2)12-17(22)20(23)15-6-8-16(27-3)9-7-15/h5-12,18H,4H2,1-3H3,(H,24,25)/b17-12-. The van der Waals surface area contributed by atoms with Crippen LogP contribution in [0.2, 0.25) is 0 Å². The minimum Gasteiger partial charge on any atom is -0.479 e.